The van der Waals surface area contributed by atoms with Gasteiger partial charge in [-0.25, -0.2) is 0 Å². The molecule has 0 aromatic rings. The van der Waals surface area contributed by atoms with Crippen molar-refractivity contribution in [2.75, 3.05) is 26.3 Å². The van der Waals surface area contributed by atoms with Crippen LogP contribution in [0.5, 0.6) is 0 Å². The third-order valence-corrected chi connectivity index (χ3v) is 4.10. The fraction of sp³-hybridized carbons (Fsp3) is 1.00. The molecule has 1 fully saturated rings. The van der Waals surface area contributed by atoms with Gasteiger partial charge in [-0.05, 0) is 50.5 Å². The molecule has 108 valence electrons. The summed E-state index contributed by atoms with van der Waals surface area (Å²) in [6.07, 6.45) is 6.08. The van der Waals surface area contributed by atoms with Gasteiger partial charge >= 0.3 is 0 Å². The van der Waals surface area contributed by atoms with E-state index in [1.807, 2.05) is 0 Å². The summed E-state index contributed by atoms with van der Waals surface area (Å²) in [7, 11) is 0. The second kappa shape index (κ2) is 8.13. The zero-order valence-corrected chi connectivity index (χ0v) is 12.5. The van der Waals surface area contributed by atoms with Crippen molar-refractivity contribution in [3.05, 3.63) is 0 Å². The van der Waals surface area contributed by atoms with Crippen molar-refractivity contribution < 1.29 is 4.74 Å². The van der Waals surface area contributed by atoms with E-state index in [9.17, 15) is 0 Å². The Balaban J connectivity index is 2.05. The Morgan fingerprint density at radius 3 is 2.50 bits per heavy atom. The molecule has 1 aliphatic heterocycles. The summed E-state index contributed by atoms with van der Waals surface area (Å²) in [5.74, 6) is 0.757. The summed E-state index contributed by atoms with van der Waals surface area (Å²) >= 11 is 0. The van der Waals surface area contributed by atoms with Crippen LogP contribution in [-0.2, 0) is 4.74 Å². The fourth-order valence-electron chi connectivity index (χ4n) is 2.55. The standard InChI is InChI=1S/C15H32N2O/c1-13(5-4-6-14(2)16)11-17-12-15(3)7-9-18-10-8-15/h13-14,17H,4-12,16H2,1-3H3. The summed E-state index contributed by atoms with van der Waals surface area (Å²) in [6, 6.07) is 0.353. The van der Waals surface area contributed by atoms with Crippen LogP contribution in [-0.4, -0.2) is 32.3 Å². The molecule has 1 aliphatic rings. The Labute approximate surface area is 113 Å². The zero-order chi connectivity index (χ0) is 13.4. The molecule has 2 unspecified atom stereocenters. The predicted octanol–water partition coefficient (Wildman–Crippen LogP) is 2.55. The number of nitrogens with two attached hydrogens (primary N) is 1. The molecule has 0 aromatic heterocycles. The average molecular weight is 256 g/mol. The van der Waals surface area contributed by atoms with Crippen LogP contribution in [0.4, 0.5) is 0 Å². The van der Waals surface area contributed by atoms with E-state index in [1.54, 1.807) is 0 Å². The highest BCUT2D eigenvalue weighted by molar-refractivity contribution is 4.79. The number of rotatable bonds is 8. The lowest BCUT2D eigenvalue weighted by molar-refractivity contribution is 0.0238. The molecule has 1 rings (SSSR count). The van der Waals surface area contributed by atoms with Crippen molar-refractivity contribution in [1.82, 2.24) is 5.32 Å². The van der Waals surface area contributed by atoms with E-state index < -0.39 is 0 Å². The number of hydrogen-bond donors (Lipinski definition) is 2. The predicted molar refractivity (Wildman–Crippen MR) is 77.7 cm³/mol. The highest BCUT2D eigenvalue weighted by Gasteiger charge is 2.26. The van der Waals surface area contributed by atoms with Crippen molar-refractivity contribution in [2.24, 2.45) is 17.1 Å². The molecule has 18 heavy (non-hydrogen) atoms. The van der Waals surface area contributed by atoms with Crippen LogP contribution in [0.1, 0.15) is 52.9 Å². The van der Waals surface area contributed by atoms with Gasteiger partial charge in [-0.2, -0.15) is 0 Å². The van der Waals surface area contributed by atoms with Crippen LogP contribution in [0.2, 0.25) is 0 Å². The maximum atomic E-state index is 5.77. The van der Waals surface area contributed by atoms with Crippen molar-refractivity contribution >= 4 is 0 Å². The lowest BCUT2D eigenvalue weighted by atomic mass is 9.82. The largest absolute Gasteiger partial charge is 0.381 e. The van der Waals surface area contributed by atoms with Crippen molar-refractivity contribution in [1.29, 1.82) is 0 Å². The van der Waals surface area contributed by atoms with Crippen LogP contribution in [0.15, 0.2) is 0 Å². The van der Waals surface area contributed by atoms with Crippen molar-refractivity contribution in [3.8, 4) is 0 Å². The SMILES string of the molecule is CC(N)CCCC(C)CNCC1(C)CCOCC1. The van der Waals surface area contributed by atoms with E-state index >= 15 is 0 Å². The third kappa shape index (κ3) is 6.72. The van der Waals surface area contributed by atoms with Crippen molar-refractivity contribution in [2.45, 2.75) is 58.9 Å². The van der Waals surface area contributed by atoms with Crippen LogP contribution in [0.3, 0.4) is 0 Å². The molecule has 1 saturated heterocycles. The minimum Gasteiger partial charge on any atom is -0.381 e. The average Bonchev–Trinajstić information content (AvgIpc) is 2.29. The van der Waals surface area contributed by atoms with Crippen molar-refractivity contribution in [3.63, 3.8) is 0 Å². The molecule has 0 radical (unpaired) electrons. The van der Waals surface area contributed by atoms with Gasteiger partial charge in [0.1, 0.15) is 0 Å². The molecule has 3 nitrogen and oxygen atoms in total. The van der Waals surface area contributed by atoms with Crippen LogP contribution < -0.4 is 11.1 Å². The number of ether oxygens (including phenoxy) is 1. The molecule has 3 N–H and O–H groups in total. The Kier molecular flexibility index (Phi) is 7.20. The van der Waals surface area contributed by atoms with E-state index in [0.717, 1.165) is 38.6 Å². The lowest BCUT2D eigenvalue weighted by Crippen LogP contribution is -2.38. The minimum absolute atomic E-state index is 0.353. The minimum atomic E-state index is 0.353. The second-order valence-corrected chi connectivity index (χ2v) is 6.57. The monoisotopic (exact) mass is 256 g/mol. The fourth-order valence-corrected chi connectivity index (χ4v) is 2.55. The zero-order valence-electron chi connectivity index (χ0n) is 12.5. The maximum Gasteiger partial charge on any atom is 0.0471 e. The van der Waals surface area contributed by atoms with E-state index in [2.05, 4.69) is 26.1 Å². The summed E-state index contributed by atoms with van der Waals surface area (Å²) in [5.41, 5.74) is 6.21. The van der Waals surface area contributed by atoms with Gasteiger partial charge in [-0.1, -0.05) is 20.3 Å². The highest BCUT2D eigenvalue weighted by atomic mass is 16.5. The summed E-state index contributed by atoms with van der Waals surface area (Å²) in [4.78, 5) is 0. The Bertz CT molecular complexity index is 213. The molecule has 0 aromatic carbocycles. The normalized spacial score (nSPS) is 22.7. The lowest BCUT2D eigenvalue weighted by Gasteiger charge is -2.34. The highest BCUT2D eigenvalue weighted by Crippen LogP contribution is 2.28. The van der Waals surface area contributed by atoms with Gasteiger partial charge in [0.25, 0.3) is 0 Å². The van der Waals surface area contributed by atoms with Gasteiger partial charge < -0.3 is 15.8 Å². The Morgan fingerprint density at radius 1 is 1.22 bits per heavy atom. The first-order valence-corrected chi connectivity index (χ1v) is 7.56. The van der Waals surface area contributed by atoms with Gasteiger partial charge in [0.05, 0.1) is 0 Å². The van der Waals surface area contributed by atoms with Crippen LogP contribution in [0.25, 0.3) is 0 Å². The maximum absolute atomic E-state index is 5.77. The third-order valence-electron chi connectivity index (χ3n) is 4.10. The second-order valence-electron chi connectivity index (χ2n) is 6.57. The number of hydrogen-bond acceptors (Lipinski definition) is 3. The molecule has 1 heterocycles. The molecule has 3 heteroatoms. The molecule has 0 amide bonds. The van der Waals surface area contributed by atoms with Gasteiger partial charge in [0.2, 0.25) is 0 Å². The van der Waals surface area contributed by atoms with Gasteiger partial charge in [0.15, 0.2) is 0 Å². The topological polar surface area (TPSA) is 47.3 Å². The van der Waals surface area contributed by atoms with Gasteiger partial charge in [-0.15, -0.1) is 0 Å². The summed E-state index contributed by atoms with van der Waals surface area (Å²) in [5, 5.41) is 3.65. The van der Waals surface area contributed by atoms with E-state index in [4.69, 9.17) is 10.5 Å². The molecule has 2 atom stereocenters. The van der Waals surface area contributed by atoms with E-state index in [0.29, 0.717) is 11.5 Å². The smallest absolute Gasteiger partial charge is 0.0471 e. The summed E-state index contributed by atoms with van der Waals surface area (Å²) in [6.45, 7) is 10.9. The first-order chi connectivity index (χ1) is 8.52. The molecule has 0 bridgehead atoms. The van der Waals surface area contributed by atoms with Gasteiger partial charge in [0, 0.05) is 25.8 Å². The molecule has 0 spiro atoms. The molecular weight excluding hydrogens is 224 g/mol. The van der Waals surface area contributed by atoms with Crippen LogP contribution >= 0.6 is 0 Å². The molecular formula is C15H32N2O. The summed E-state index contributed by atoms with van der Waals surface area (Å²) < 4.78 is 5.43. The molecule has 0 saturated carbocycles. The van der Waals surface area contributed by atoms with E-state index in [-0.39, 0.29) is 0 Å². The quantitative estimate of drug-likeness (QED) is 0.701. The van der Waals surface area contributed by atoms with E-state index in [1.165, 1.54) is 25.7 Å². The van der Waals surface area contributed by atoms with Gasteiger partial charge in [-0.3, -0.25) is 0 Å². The first kappa shape index (κ1) is 15.9. The molecule has 0 aliphatic carbocycles. The number of nitrogens with one attached hydrogen (secondary N) is 1. The Morgan fingerprint density at radius 2 is 1.89 bits per heavy atom. The first-order valence-electron chi connectivity index (χ1n) is 7.56. The van der Waals surface area contributed by atoms with Crippen LogP contribution in [0, 0.1) is 11.3 Å². The Hall–Kier alpha value is -0.120.